The average Bonchev–Trinajstić information content (AvgIpc) is 3.54. The van der Waals surface area contributed by atoms with Crippen molar-refractivity contribution in [3.8, 4) is 5.75 Å². The van der Waals surface area contributed by atoms with E-state index in [1.165, 1.54) is 6.26 Å². The molecule has 0 bridgehead atoms. The van der Waals surface area contributed by atoms with Crippen LogP contribution in [0.1, 0.15) is 53.4 Å². The molecule has 32 heavy (non-hydrogen) atoms. The number of nitrogens with zero attached hydrogens (tertiary/aromatic N) is 1. The van der Waals surface area contributed by atoms with Crippen LogP contribution in [0.2, 0.25) is 0 Å². The van der Waals surface area contributed by atoms with Crippen molar-refractivity contribution in [2.45, 2.75) is 44.3 Å². The van der Waals surface area contributed by atoms with Crippen LogP contribution < -0.4 is 10.1 Å². The molecule has 0 unspecified atom stereocenters. The quantitative estimate of drug-likeness (QED) is 0.559. The molecule has 1 heterocycles. The molecule has 1 aromatic heterocycles. The third kappa shape index (κ3) is 5.02. The molecular weight excluding hydrogens is 404 g/mol. The van der Waals surface area contributed by atoms with Gasteiger partial charge in [0, 0.05) is 12.6 Å². The van der Waals surface area contributed by atoms with Gasteiger partial charge < -0.3 is 19.4 Å². The molecule has 166 valence electrons. The lowest BCUT2D eigenvalue weighted by atomic mass is 10.0. The van der Waals surface area contributed by atoms with Gasteiger partial charge in [0.2, 0.25) is 5.91 Å². The van der Waals surface area contributed by atoms with E-state index < -0.39 is 6.04 Å². The highest BCUT2D eigenvalue weighted by molar-refractivity contribution is 5.96. The largest absolute Gasteiger partial charge is 0.497 e. The Bertz CT molecular complexity index is 1010. The first-order valence-corrected chi connectivity index (χ1v) is 11.0. The van der Waals surface area contributed by atoms with Crippen LogP contribution in [-0.4, -0.2) is 29.9 Å². The lowest BCUT2D eigenvalue weighted by molar-refractivity contribution is -0.126. The molecule has 1 fully saturated rings. The summed E-state index contributed by atoms with van der Waals surface area (Å²) in [5.41, 5.74) is 1.65. The first-order chi connectivity index (χ1) is 15.7. The van der Waals surface area contributed by atoms with Crippen LogP contribution in [0.4, 0.5) is 0 Å². The van der Waals surface area contributed by atoms with Crippen molar-refractivity contribution >= 4 is 11.8 Å². The molecule has 1 aliphatic rings. The lowest BCUT2D eigenvalue weighted by Crippen LogP contribution is -2.45. The van der Waals surface area contributed by atoms with Gasteiger partial charge in [-0.05, 0) is 48.2 Å². The number of hydrogen-bond acceptors (Lipinski definition) is 4. The molecule has 3 aromatic rings. The smallest absolute Gasteiger partial charge is 0.290 e. The number of amides is 2. The summed E-state index contributed by atoms with van der Waals surface area (Å²) in [6, 6.07) is 19.6. The maximum Gasteiger partial charge on any atom is 0.290 e. The molecule has 2 aromatic carbocycles. The Kier molecular flexibility index (Phi) is 6.90. The Morgan fingerprint density at radius 1 is 1.03 bits per heavy atom. The van der Waals surface area contributed by atoms with E-state index >= 15 is 0 Å². The fourth-order valence-electron chi connectivity index (χ4n) is 4.21. The van der Waals surface area contributed by atoms with Crippen LogP contribution in [0.5, 0.6) is 5.75 Å². The summed E-state index contributed by atoms with van der Waals surface area (Å²) < 4.78 is 10.7. The molecule has 6 nitrogen and oxygen atoms in total. The number of carbonyl (C=O) groups excluding carboxylic acids is 2. The van der Waals surface area contributed by atoms with Crippen LogP contribution in [0.15, 0.2) is 77.4 Å². The summed E-state index contributed by atoms with van der Waals surface area (Å²) in [6.45, 7) is 0.251. The molecule has 1 aliphatic carbocycles. The topological polar surface area (TPSA) is 71.8 Å². The highest BCUT2D eigenvalue weighted by atomic mass is 16.5. The second-order valence-electron chi connectivity index (χ2n) is 8.06. The normalized spacial score (nSPS) is 14.7. The summed E-state index contributed by atoms with van der Waals surface area (Å²) in [7, 11) is 1.61. The first-order valence-electron chi connectivity index (χ1n) is 11.0. The summed E-state index contributed by atoms with van der Waals surface area (Å²) >= 11 is 0. The molecule has 1 saturated carbocycles. The molecular formula is C26H28N2O4. The fraction of sp³-hybridized carbons (Fsp3) is 0.308. The Balaban J connectivity index is 1.70. The maximum absolute atomic E-state index is 13.6. The number of ether oxygens (including phenoxy) is 1. The Labute approximate surface area is 188 Å². The van der Waals surface area contributed by atoms with E-state index in [1.807, 2.05) is 54.6 Å². The van der Waals surface area contributed by atoms with Crippen LogP contribution in [-0.2, 0) is 11.3 Å². The van der Waals surface area contributed by atoms with Gasteiger partial charge in [0.05, 0.1) is 13.4 Å². The van der Waals surface area contributed by atoms with E-state index in [1.54, 1.807) is 24.1 Å². The zero-order valence-corrected chi connectivity index (χ0v) is 18.2. The van der Waals surface area contributed by atoms with Gasteiger partial charge in [-0.3, -0.25) is 9.59 Å². The first kappa shape index (κ1) is 21.7. The summed E-state index contributed by atoms with van der Waals surface area (Å²) in [5.74, 6) is 0.433. The predicted octanol–water partition coefficient (Wildman–Crippen LogP) is 4.73. The van der Waals surface area contributed by atoms with E-state index in [9.17, 15) is 9.59 Å². The van der Waals surface area contributed by atoms with Crippen molar-refractivity contribution in [2.24, 2.45) is 0 Å². The van der Waals surface area contributed by atoms with Crippen molar-refractivity contribution in [1.29, 1.82) is 0 Å². The average molecular weight is 433 g/mol. The second-order valence-corrected chi connectivity index (χ2v) is 8.06. The molecule has 0 saturated heterocycles. The fourth-order valence-corrected chi connectivity index (χ4v) is 4.21. The zero-order valence-electron chi connectivity index (χ0n) is 18.2. The van der Waals surface area contributed by atoms with Gasteiger partial charge in [0.25, 0.3) is 5.91 Å². The number of benzene rings is 2. The third-order valence-electron chi connectivity index (χ3n) is 5.88. The van der Waals surface area contributed by atoms with Crippen LogP contribution >= 0.6 is 0 Å². The van der Waals surface area contributed by atoms with Crippen LogP contribution in [0.3, 0.4) is 0 Å². The molecule has 2 amide bonds. The van der Waals surface area contributed by atoms with Crippen molar-refractivity contribution in [2.75, 3.05) is 7.11 Å². The minimum atomic E-state index is -0.781. The molecule has 1 atom stereocenters. The highest BCUT2D eigenvalue weighted by Gasteiger charge is 2.34. The molecule has 0 spiro atoms. The standard InChI is InChI=1S/C26H28N2O4/c1-31-22-15-13-19(14-16-22)18-28(26(30)23-12-7-17-32-23)24(20-8-3-2-4-9-20)25(29)27-21-10-5-6-11-21/h2-4,7-9,12-17,21,24H,5-6,10-11,18H2,1H3,(H,27,29)/t24-/m1/s1. The number of furan rings is 1. The van der Waals surface area contributed by atoms with Crippen molar-refractivity contribution in [3.05, 3.63) is 89.9 Å². The van der Waals surface area contributed by atoms with Crippen molar-refractivity contribution < 1.29 is 18.7 Å². The van der Waals surface area contributed by atoms with Gasteiger partial charge in [-0.15, -0.1) is 0 Å². The van der Waals surface area contributed by atoms with E-state index in [2.05, 4.69) is 5.32 Å². The third-order valence-corrected chi connectivity index (χ3v) is 5.88. The van der Waals surface area contributed by atoms with Crippen LogP contribution in [0.25, 0.3) is 0 Å². The van der Waals surface area contributed by atoms with Gasteiger partial charge in [0.15, 0.2) is 5.76 Å². The molecule has 6 heteroatoms. The van der Waals surface area contributed by atoms with E-state index in [0.717, 1.165) is 42.6 Å². The Morgan fingerprint density at radius 3 is 2.38 bits per heavy atom. The lowest BCUT2D eigenvalue weighted by Gasteiger charge is -2.32. The Hall–Kier alpha value is -3.54. The summed E-state index contributed by atoms with van der Waals surface area (Å²) in [4.78, 5) is 28.7. The van der Waals surface area contributed by atoms with E-state index in [0.29, 0.717) is 0 Å². The SMILES string of the molecule is COc1ccc(CN(C(=O)c2ccco2)[C@@H](C(=O)NC2CCCC2)c2ccccc2)cc1. The Morgan fingerprint density at radius 2 is 1.75 bits per heavy atom. The number of nitrogens with one attached hydrogen (secondary N) is 1. The van der Waals surface area contributed by atoms with E-state index in [-0.39, 0.29) is 30.2 Å². The maximum atomic E-state index is 13.6. The number of rotatable bonds is 8. The number of methoxy groups -OCH3 is 1. The van der Waals surface area contributed by atoms with Gasteiger partial charge in [-0.1, -0.05) is 55.3 Å². The predicted molar refractivity (Wildman–Crippen MR) is 121 cm³/mol. The molecule has 0 radical (unpaired) electrons. The van der Waals surface area contributed by atoms with Gasteiger partial charge >= 0.3 is 0 Å². The number of carbonyl (C=O) groups is 2. The molecule has 0 aliphatic heterocycles. The van der Waals surface area contributed by atoms with Crippen molar-refractivity contribution in [1.82, 2.24) is 10.2 Å². The highest BCUT2D eigenvalue weighted by Crippen LogP contribution is 2.28. The minimum absolute atomic E-state index is 0.148. The number of hydrogen-bond donors (Lipinski definition) is 1. The molecule has 4 rings (SSSR count). The van der Waals surface area contributed by atoms with Crippen LogP contribution in [0, 0.1) is 0 Å². The monoisotopic (exact) mass is 432 g/mol. The van der Waals surface area contributed by atoms with E-state index in [4.69, 9.17) is 9.15 Å². The minimum Gasteiger partial charge on any atom is -0.497 e. The zero-order chi connectivity index (χ0) is 22.3. The van der Waals surface area contributed by atoms with Crippen molar-refractivity contribution in [3.63, 3.8) is 0 Å². The summed E-state index contributed by atoms with van der Waals surface area (Å²) in [5, 5.41) is 3.18. The van der Waals surface area contributed by atoms with Gasteiger partial charge in [0.1, 0.15) is 11.8 Å². The van der Waals surface area contributed by atoms with Gasteiger partial charge in [-0.25, -0.2) is 0 Å². The summed E-state index contributed by atoms with van der Waals surface area (Å²) in [6.07, 6.45) is 5.63. The molecule has 1 N–H and O–H groups in total. The van der Waals surface area contributed by atoms with Gasteiger partial charge in [-0.2, -0.15) is 0 Å². The second kappa shape index (κ2) is 10.2.